The van der Waals surface area contributed by atoms with Gasteiger partial charge >= 0.3 is 5.97 Å². The van der Waals surface area contributed by atoms with Gasteiger partial charge in [-0.05, 0) is 30.2 Å². The summed E-state index contributed by atoms with van der Waals surface area (Å²) in [5, 5.41) is 17.5. The van der Waals surface area contributed by atoms with Crippen LogP contribution in [0, 0.1) is 11.3 Å². The van der Waals surface area contributed by atoms with Gasteiger partial charge < -0.3 is 5.11 Å². The summed E-state index contributed by atoms with van der Waals surface area (Å²) >= 11 is 6.35. The molecule has 1 heterocycles. The highest BCUT2D eigenvalue weighted by Gasteiger charge is 2.31. The van der Waals surface area contributed by atoms with Crippen LogP contribution in [0.1, 0.15) is 24.0 Å². The fraction of sp³-hybridized carbons (Fsp3) is 0.200. The van der Waals surface area contributed by atoms with Crippen LogP contribution >= 0.6 is 24.0 Å². The molecule has 7 heteroatoms. The molecule has 0 spiro atoms. The lowest BCUT2D eigenvalue weighted by atomic mass is 10.1. The Hall–Kier alpha value is -2.17. The third kappa shape index (κ3) is 3.93. The molecule has 0 aliphatic carbocycles. The van der Waals surface area contributed by atoms with Gasteiger partial charge in [-0.15, -0.1) is 0 Å². The molecule has 0 radical (unpaired) electrons. The minimum atomic E-state index is -0.894. The van der Waals surface area contributed by atoms with Crippen molar-refractivity contribution in [3.8, 4) is 6.07 Å². The molecule has 1 aromatic carbocycles. The molecule has 1 aromatic rings. The Bertz CT molecular complexity index is 707. The number of thioether (sulfide) groups is 1. The number of carboxylic acids is 1. The zero-order valence-corrected chi connectivity index (χ0v) is 13.1. The topological polar surface area (TPSA) is 81.4 Å². The van der Waals surface area contributed by atoms with E-state index in [1.165, 1.54) is 16.7 Å². The molecule has 0 bridgehead atoms. The van der Waals surface area contributed by atoms with E-state index in [-0.39, 0.29) is 12.3 Å². The smallest absolute Gasteiger partial charge is 0.303 e. The third-order valence-corrected chi connectivity index (χ3v) is 4.34. The molecule has 1 N–H and O–H groups in total. The Labute approximate surface area is 137 Å². The molecule has 0 atom stereocenters. The number of rotatable bonds is 5. The predicted molar refractivity (Wildman–Crippen MR) is 87.9 cm³/mol. The van der Waals surface area contributed by atoms with Crippen molar-refractivity contribution in [3.63, 3.8) is 0 Å². The van der Waals surface area contributed by atoms with Crippen LogP contribution in [-0.2, 0) is 9.59 Å². The zero-order chi connectivity index (χ0) is 16.1. The summed E-state index contributed by atoms with van der Waals surface area (Å²) < 4.78 is 0.429. The van der Waals surface area contributed by atoms with Gasteiger partial charge in [0, 0.05) is 13.0 Å². The second-order valence-corrected chi connectivity index (χ2v) is 6.24. The van der Waals surface area contributed by atoms with Gasteiger partial charge in [0.05, 0.1) is 16.5 Å². The molecule has 112 valence electrons. The van der Waals surface area contributed by atoms with Crippen LogP contribution in [-0.4, -0.2) is 32.7 Å². The zero-order valence-electron chi connectivity index (χ0n) is 11.5. The number of amides is 1. The summed E-state index contributed by atoms with van der Waals surface area (Å²) in [7, 11) is 0. The summed E-state index contributed by atoms with van der Waals surface area (Å²) in [6, 6.07) is 8.98. The van der Waals surface area contributed by atoms with Gasteiger partial charge in [0.15, 0.2) is 0 Å². The Morgan fingerprint density at radius 2 is 2.27 bits per heavy atom. The molecule has 0 aromatic heterocycles. The van der Waals surface area contributed by atoms with E-state index in [0.29, 0.717) is 27.8 Å². The number of hydrogen-bond donors (Lipinski definition) is 1. The van der Waals surface area contributed by atoms with Crippen molar-refractivity contribution in [1.82, 2.24) is 4.90 Å². The average molecular weight is 332 g/mol. The first-order chi connectivity index (χ1) is 10.5. The quantitative estimate of drug-likeness (QED) is 0.659. The Morgan fingerprint density at radius 3 is 2.95 bits per heavy atom. The van der Waals surface area contributed by atoms with Gasteiger partial charge in [-0.25, -0.2) is 0 Å². The summed E-state index contributed by atoms with van der Waals surface area (Å²) in [6.07, 6.45) is 2.05. The first-order valence-corrected chi connectivity index (χ1v) is 7.71. The number of carbonyl (C=O) groups is 2. The van der Waals surface area contributed by atoms with Gasteiger partial charge in [0.1, 0.15) is 4.32 Å². The van der Waals surface area contributed by atoms with Crippen molar-refractivity contribution in [3.05, 3.63) is 40.3 Å². The molecule has 22 heavy (non-hydrogen) atoms. The molecule has 1 aliphatic heterocycles. The molecule has 1 aliphatic rings. The number of aliphatic carboxylic acids is 1. The molecule has 1 saturated heterocycles. The van der Waals surface area contributed by atoms with Gasteiger partial charge in [-0.3, -0.25) is 14.5 Å². The molecular formula is C15H12N2O3S2. The minimum absolute atomic E-state index is 0.000320. The molecule has 0 saturated carbocycles. The molecule has 5 nitrogen and oxygen atoms in total. The molecule has 2 rings (SSSR count). The molecule has 1 amide bonds. The van der Waals surface area contributed by atoms with Crippen LogP contribution in [0.2, 0.25) is 0 Å². The highest BCUT2D eigenvalue weighted by molar-refractivity contribution is 8.26. The monoisotopic (exact) mass is 332 g/mol. The van der Waals surface area contributed by atoms with Crippen molar-refractivity contribution in [2.45, 2.75) is 12.8 Å². The highest BCUT2D eigenvalue weighted by Crippen LogP contribution is 2.32. The van der Waals surface area contributed by atoms with Crippen LogP contribution in [0.15, 0.2) is 29.2 Å². The van der Waals surface area contributed by atoms with E-state index in [1.54, 1.807) is 30.3 Å². The maximum Gasteiger partial charge on any atom is 0.303 e. The lowest BCUT2D eigenvalue weighted by molar-refractivity contribution is -0.137. The maximum atomic E-state index is 12.3. The van der Waals surface area contributed by atoms with Gasteiger partial charge in [0.25, 0.3) is 5.91 Å². The predicted octanol–water partition coefficient (Wildman–Crippen LogP) is 2.62. The summed E-state index contributed by atoms with van der Waals surface area (Å²) in [6.45, 7) is 0.298. The standard InChI is InChI=1S/C15H12N2O3S2/c16-9-11-4-1-3-10(7-11)8-12-14(20)17(15(21)22-12)6-2-5-13(18)19/h1,3-4,7-8H,2,5-6H2,(H,18,19). The maximum absolute atomic E-state index is 12.3. The Balaban J connectivity index is 2.11. The largest absolute Gasteiger partial charge is 0.481 e. The van der Waals surface area contributed by atoms with E-state index in [2.05, 4.69) is 0 Å². The van der Waals surface area contributed by atoms with E-state index < -0.39 is 5.97 Å². The highest BCUT2D eigenvalue weighted by atomic mass is 32.2. The van der Waals surface area contributed by atoms with Crippen molar-refractivity contribution < 1.29 is 14.7 Å². The van der Waals surface area contributed by atoms with E-state index in [9.17, 15) is 9.59 Å². The first kappa shape index (κ1) is 16.2. The minimum Gasteiger partial charge on any atom is -0.481 e. The first-order valence-electron chi connectivity index (χ1n) is 6.48. The lowest BCUT2D eigenvalue weighted by Crippen LogP contribution is -2.29. The van der Waals surface area contributed by atoms with Crippen molar-refractivity contribution in [1.29, 1.82) is 5.26 Å². The normalized spacial score (nSPS) is 16.1. The van der Waals surface area contributed by atoms with Crippen LogP contribution < -0.4 is 0 Å². The summed E-state index contributed by atoms with van der Waals surface area (Å²) in [5.41, 5.74) is 1.27. The molecule has 1 fully saturated rings. The van der Waals surface area contributed by atoms with Crippen LogP contribution in [0.3, 0.4) is 0 Å². The Kier molecular flexibility index (Phi) is 5.31. The number of nitrogens with zero attached hydrogens (tertiary/aromatic N) is 2. The second kappa shape index (κ2) is 7.20. The Morgan fingerprint density at radius 1 is 1.50 bits per heavy atom. The van der Waals surface area contributed by atoms with Crippen LogP contribution in [0.5, 0.6) is 0 Å². The van der Waals surface area contributed by atoms with Crippen molar-refractivity contribution in [2.24, 2.45) is 0 Å². The second-order valence-electron chi connectivity index (χ2n) is 4.57. The lowest BCUT2D eigenvalue weighted by Gasteiger charge is -2.13. The van der Waals surface area contributed by atoms with Gasteiger partial charge in [0.2, 0.25) is 0 Å². The van der Waals surface area contributed by atoms with E-state index >= 15 is 0 Å². The van der Waals surface area contributed by atoms with E-state index in [0.717, 1.165) is 5.56 Å². The molecule has 0 unspecified atom stereocenters. The molecular weight excluding hydrogens is 320 g/mol. The fourth-order valence-electron chi connectivity index (χ4n) is 1.93. The summed E-state index contributed by atoms with van der Waals surface area (Å²) in [5.74, 6) is -1.11. The number of benzene rings is 1. The average Bonchev–Trinajstić information content (AvgIpc) is 2.74. The number of carbonyl (C=O) groups excluding carboxylic acids is 1. The van der Waals surface area contributed by atoms with Crippen LogP contribution in [0.25, 0.3) is 6.08 Å². The number of carboxylic acid groups (broad SMARTS) is 1. The van der Waals surface area contributed by atoms with Gasteiger partial charge in [-0.1, -0.05) is 36.1 Å². The number of nitriles is 1. The summed E-state index contributed by atoms with van der Waals surface area (Å²) in [4.78, 5) is 24.7. The van der Waals surface area contributed by atoms with Gasteiger partial charge in [-0.2, -0.15) is 5.26 Å². The van der Waals surface area contributed by atoms with Crippen molar-refractivity contribution >= 4 is 46.3 Å². The van der Waals surface area contributed by atoms with E-state index in [4.69, 9.17) is 22.6 Å². The van der Waals surface area contributed by atoms with E-state index in [1.807, 2.05) is 6.07 Å². The van der Waals surface area contributed by atoms with Crippen molar-refractivity contribution in [2.75, 3.05) is 6.54 Å². The SMILES string of the molecule is N#Cc1cccc(C=C2SC(=S)N(CCCC(=O)O)C2=O)c1. The number of thiocarbonyl (C=S) groups is 1. The fourth-order valence-corrected chi connectivity index (χ4v) is 3.24. The third-order valence-electron chi connectivity index (χ3n) is 2.96. The van der Waals surface area contributed by atoms with Crippen LogP contribution in [0.4, 0.5) is 0 Å². The number of hydrogen-bond acceptors (Lipinski definition) is 5.